The van der Waals surface area contributed by atoms with E-state index in [1.165, 1.54) is 0 Å². The van der Waals surface area contributed by atoms with E-state index >= 15 is 0 Å². The van der Waals surface area contributed by atoms with Gasteiger partial charge in [-0.15, -0.1) is 0 Å². The number of allylic oxidation sites excluding steroid dienone is 3. The topological polar surface area (TPSA) is 67.2 Å². The molecule has 0 N–H and O–H groups in total. The van der Waals surface area contributed by atoms with Crippen LogP contribution in [0.4, 0.5) is 0 Å². The van der Waals surface area contributed by atoms with Gasteiger partial charge in [-0.25, -0.2) is 0 Å². The van der Waals surface area contributed by atoms with E-state index in [-0.39, 0.29) is 56.7 Å². The summed E-state index contributed by atoms with van der Waals surface area (Å²) in [7, 11) is 0. The molecule has 0 aromatic rings. The monoisotopic (exact) mass is 533 g/mol. The van der Waals surface area contributed by atoms with Crippen LogP contribution < -0.4 is 0 Å². The number of hydrogen-bond acceptors (Lipinski definition) is 4. The average Bonchev–Trinajstić information content (AvgIpc) is 3.03. The number of fused-ring (bicyclic) bond motifs is 5. The van der Waals surface area contributed by atoms with E-state index in [1.54, 1.807) is 0 Å². The molecule has 5 aliphatic rings. The van der Waals surface area contributed by atoms with Crippen LogP contribution >= 0.6 is 0 Å². The van der Waals surface area contributed by atoms with Crippen LogP contribution in [0.2, 0.25) is 0 Å². The van der Waals surface area contributed by atoms with E-state index < -0.39 is 16.4 Å². The Labute approximate surface area is 237 Å². The van der Waals surface area contributed by atoms with Crippen molar-refractivity contribution in [3.8, 4) is 6.07 Å². The van der Waals surface area contributed by atoms with Gasteiger partial charge in [0.1, 0.15) is 11.7 Å². The van der Waals surface area contributed by atoms with Gasteiger partial charge in [-0.05, 0) is 73.3 Å². The van der Waals surface area contributed by atoms with E-state index in [2.05, 4.69) is 61.5 Å². The molecule has 1 saturated heterocycles. The van der Waals surface area contributed by atoms with E-state index in [1.807, 2.05) is 26.0 Å². The molecule has 0 radical (unpaired) electrons. The first-order valence-electron chi connectivity index (χ1n) is 15.6. The first kappa shape index (κ1) is 28.8. The van der Waals surface area contributed by atoms with E-state index in [4.69, 9.17) is 4.74 Å². The highest BCUT2D eigenvalue weighted by atomic mass is 16.5. The summed E-state index contributed by atoms with van der Waals surface area (Å²) in [5.74, 6) is 0.318. The van der Waals surface area contributed by atoms with Crippen molar-refractivity contribution >= 4 is 11.6 Å². The molecule has 4 nitrogen and oxygen atoms in total. The summed E-state index contributed by atoms with van der Waals surface area (Å²) in [6.07, 6.45) is 12.0. The number of ether oxygens (including phenoxy) is 1. The second kappa shape index (κ2) is 8.40. The maximum Gasteiger partial charge on any atom is 0.188 e. The minimum absolute atomic E-state index is 0.0222. The zero-order chi connectivity index (χ0) is 29.0. The summed E-state index contributed by atoms with van der Waals surface area (Å²) < 4.78 is 7.35. The Morgan fingerprint density at radius 2 is 1.72 bits per heavy atom. The van der Waals surface area contributed by atoms with Gasteiger partial charge in [0.25, 0.3) is 0 Å². The predicted octanol–water partition coefficient (Wildman–Crippen LogP) is 8.16. The zero-order valence-electron chi connectivity index (χ0n) is 26.2. The van der Waals surface area contributed by atoms with Gasteiger partial charge in [-0.3, -0.25) is 9.59 Å². The Kier molecular flexibility index (Phi) is 6.20. The quantitative estimate of drug-likeness (QED) is 0.365. The molecule has 5 rings (SSSR count). The third kappa shape index (κ3) is 3.26. The second-order valence-electron chi connectivity index (χ2n) is 16.2. The predicted molar refractivity (Wildman–Crippen MR) is 155 cm³/mol. The highest BCUT2D eigenvalue weighted by Crippen LogP contribution is 2.78. The van der Waals surface area contributed by atoms with Gasteiger partial charge in [-0.1, -0.05) is 81.7 Å². The molecule has 1 heterocycles. The molecule has 1 aliphatic heterocycles. The largest absolute Gasteiger partial charge is 0.362 e. The van der Waals surface area contributed by atoms with Crippen LogP contribution in [0.15, 0.2) is 23.3 Å². The number of rotatable bonds is 4. The molecule has 4 aliphatic carbocycles. The lowest BCUT2D eigenvalue weighted by molar-refractivity contribution is -0.206. The molecular formula is C35H51NO3. The maximum atomic E-state index is 15.0. The second-order valence-corrected chi connectivity index (χ2v) is 16.2. The summed E-state index contributed by atoms with van der Waals surface area (Å²) in [5.41, 5.74) is -1.14. The van der Waals surface area contributed by atoms with Crippen molar-refractivity contribution in [2.24, 2.45) is 44.3 Å². The Hall–Kier alpha value is -1.73. The van der Waals surface area contributed by atoms with Crippen molar-refractivity contribution in [1.29, 1.82) is 5.26 Å². The van der Waals surface area contributed by atoms with Crippen LogP contribution in [0.25, 0.3) is 0 Å². The van der Waals surface area contributed by atoms with Crippen molar-refractivity contribution in [2.75, 3.05) is 0 Å². The molecule has 4 heteroatoms. The van der Waals surface area contributed by atoms with E-state index in [9.17, 15) is 14.9 Å². The van der Waals surface area contributed by atoms with Crippen LogP contribution in [0.1, 0.15) is 121 Å². The normalized spacial score (nSPS) is 46.4. The van der Waals surface area contributed by atoms with Crippen LogP contribution in [0.5, 0.6) is 0 Å². The van der Waals surface area contributed by atoms with Gasteiger partial charge in [-0.2, -0.15) is 5.26 Å². The fourth-order valence-corrected chi connectivity index (χ4v) is 11.0. The lowest BCUT2D eigenvalue weighted by Gasteiger charge is -2.69. The van der Waals surface area contributed by atoms with E-state index in [0.717, 1.165) is 56.9 Å². The van der Waals surface area contributed by atoms with Crippen LogP contribution in [-0.2, 0) is 14.3 Å². The van der Waals surface area contributed by atoms with Crippen molar-refractivity contribution in [3.05, 3.63) is 23.3 Å². The van der Waals surface area contributed by atoms with Crippen LogP contribution in [0, 0.1) is 55.7 Å². The van der Waals surface area contributed by atoms with Crippen molar-refractivity contribution in [2.45, 2.75) is 132 Å². The van der Waals surface area contributed by atoms with E-state index in [0.29, 0.717) is 0 Å². The van der Waals surface area contributed by atoms with Gasteiger partial charge in [0.2, 0.25) is 0 Å². The average molecular weight is 534 g/mol. The Bertz CT molecular complexity index is 1210. The first-order valence-corrected chi connectivity index (χ1v) is 15.6. The summed E-state index contributed by atoms with van der Waals surface area (Å²) in [6.45, 7) is 22.5. The molecule has 0 aromatic heterocycles. The highest BCUT2D eigenvalue weighted by molar-refractivity contribution is 6.05. The molecule has 2 bridgehead atoms. The molecule has 8 atom stereocenters. The highest BCUT2D eigenvalue weighted by Gasteiger charge is 2.80. The Balaban J connectivity index is 1.78. The fraction of sp³-hybridized carbons (Fsp3) is 0.800. The summed E-state index contributed by atoms with van der Waals surface area (Å²) >= 11 is 0. The maximum absolute atomic E-state index is 15.0. The Morgan fingerprint density at radius 1 is 1.05 bits per heavy atom. The number of ketones is 2. The number of Topliss-reactive ketones (excluding diaryl/α,β-unsaturated/α-hetero) is 1. The third-order valence-corrected chi connectivity index (χ3v) is 13.0. The minimum atomic E-state index is -0.836. The molecule has 2 saturated carbocycles. The molecule has 1 spiro atoms. The summed E-state index contributed by atoms with van der Waals surface area (Å²) in [5, 5.41) is 9.97. The molecule has 0 amide bonds. The molecule has 0 aromatic carbocycles. The van der Waals surface area contributed by atoms with Gasteiger partial charge >= 0.3 is 0 Å². The van der Waals surface area contributed by atoms with Crippen molar-refractivity contribution in [1.82, 2.24) is 0 Å². The zero-order valence-corrected chi connectivity index (χ0v) is 26.2. The summed E-state index contributed by atoms with van der Waals surface area (Å²) in [6, 6.07) is 2.22. The van der Waals surface area contributed by atoms with Gasteiger partial charge < -0.3 is 4.74 Å². The minimum Gasteiger partial charge on any atom is -0.362 e. The molecule has 3 fully saturated rings. The van der Waals surface area contributed by atoms with Crippen LogP contribution in [0.3, 0.4) is 0 Å². The molecule has 2 unspecified atom stereocenters. The SMILES string of the molecule is CCCC1O[C@]23C(=O)C=C4[C@@]5(C)C=C(C#N)C(=O)C(C)(C)[C@@H]5CC[C@@]4(C)[C@]2(C)CC[C@@]1(CC)C3CC(C)(C)C. The fourth-order valence-electron chi connectivity index (χ4n) is 11.0. The number of nitrogens with zero attached hydrogens (tertiary/aromatic N) is 1. The van der Waals surface area contributed by atoms with Gasteiger partial charge in [0, 0.05) is 27.6 Å². The number of carbonyl (C=O) groups is 2. The van der Waals surface area contributed by atoms with Gasteiger partial charge in [0.15, 0.2) is 11.6 Å². The lowest BCUT2D eigenvalue weighted by Crippen LogP contribution is -2.71. The number of carbonyl (C=O) groups excluding carboxylic acids is 2. The van der Waals surface area contributed by atoms with Crippen LogP contribution in [-0.4, -0.2) is 23.3 Å². The van der Waals surface area contributed by atoms with Crippen molar-refractivity contribution in [3.63, 3.8) is 0 Å². The molecule has 214 valence electrons. The summed E-state index contributed by atoms with van der Waals surface area (Å²) in [4.78, 5) is 28.3. The first-order chi connectivity index (χ1) is 17.9. The molecule has 39 heavy (non-hydrogen) atoms. The number of nitriles is 1. The lowest BCUT2D eigenvalue weighted by atomic mass is 9.34. The third-order valence-electron chi connectivity index (χ3n) is 13.0. The standard InChI is InChI=1S/C35H51NO3/c1-11-13-27-34(12-2)17-16-33(10)32(9)15-14-23-30(6,7)28(38)22(21-36)19-31(23,8)24(32)18-26(37)35(33,39-27)25(34)20-29(3,4)5/h18-19,23,25,27H,11-17,20H2,1-10H3/t23-,25?,27?,31-,32+,33-,34-,35+/m0/s1. The molecular weight excluding hydrogens is 482 g/mol. The number of hydrogen-bond donors (Lipinski definition) is 0. The van der Waals surface area contributed by atoms with Gasteiger partial charge in [0.05, 0.1) is 11.7 Å². The van der Waals surface area contributed by atoms with Crippen molar-refractivity contribution < 1.29 is 14.3 Å². The smallest absolute Gasteiger partial charge is 0.188 e. The Morgan fingerprint density at radius 3 is 2.28 bits per heavy atom.